The number of hydrogen-bond acceptors (Lipinski definition) is 3. The van der Waals surface area contributed by atoms with E-state index in [0.717, 1.165) is 13.0 Å². The second-order valence-corrected chi connectivity index (χ2v) is 4.84. The van der Waals surface area contributed by atoms with Gasteiger partial charge in [0.25, 0.3) is 5.91 Å². The highest BCUT2D eigenvalue weighted by Crippen LogP contribution is 2.24. The molecule has 1 fully saturated rings. The van der Waals surface area contributed by atoms with E-state index < -0.39 is 0 Å². The standard InChI is InChI=1S/C13H19N3O.ClH/c1-9-4-3-7-16(10(9)2)13(17)12-6-5-11(14)8-15-12;/h5-6,8-10H,3-4,7,14H2,1-2H3;1H. The van der Waals surface area contributed by atoms with E-state index in [9.17, 15) is 4.79 Å². The van der Waals surface area contributed by atoms with Crippen LogP contribution < -0.4 is 5.73 Å². The molecule has 1 aliphatic rings. The average Bonchev–Trinajstić information content (AvgIpc) is 2.33. The summed E-state index contributed by atoms with van der Waals surface area (Å²) in [5, 5.41) is 0. The van der Waals surface area contributed by atoms with Gasteiger partial charge in [-0.05, 0) is 37.8 Å². The van der Waals surface area contributed by atoms with Gasteiger partial charge in [0.1, 0.15) is 5.69 Å². The van der Waals surface area contributed by atoms with Crippen LogP contribution in [0.25, 0.3) is 0 Å². The lowest BCUT2D eigenvalue weighted by Crippen LogP contribution is -2.46. The number of nitrogen functional groups attached to an aromatic ring is 1. The lowest BCUT2D eigenvalue weighted by atomic mass is 9.92. The minimum absolute atomic E-state index is 0. The summed E-state index contributed by atoms with van der Waals surface area (Å²) in [4.78, 5) is 18.3. The minimum Gasteiger partial charge on any atom is -0.397 e. The van der Waals surface area contributed by atoms with Crippen molar-refractivity contribution in [3.05, 3.63) is 24.0 Å². The Hall–Kier alpha value is -1.29. The lowest BCUT2D eigenvalue weighted by molar-refractivity contribution is 0.0545. The van der Waals surface area contributed by atoms with E-state index in [2.05, 4.69) is 18.8 Å². The number of hydrogen-bond donors (Lipinski definition) is 1. The first-order chi connectivity index (χ1) is 8.09. The van der Waals surface area contributed by atoms with Crippen LogP contribution in [-0.2, 0) is 0 Å². The highest BCUT2D eigenvalue weighted by Gasteiger charge is 2.29. The van der Waals surface area contributed by atoms with Gasteiger partial charge in [0.2, 0.25) is 0 Å². The molecule has 2 unspecified atom stereocenters. The summed E-state index contributed by atoms with van der Waals surface area (Å²) in [6, 6.07) is 3.71. The van der Waals surface area contributed by atoms with E-state index in [1.54, 1.807) is 12.1 Å². The fraction of sp³-hybridized carbons (Fsp3) is 0.538. The first-order valence-corrected chi connectivity index (χ1v) is 6.12. The summed E-state index contributed by atoms with van der Waals surface area (Å²) < 4.78 is 0. The van der Waals surface area contributed by atoms with Crippen LogP contribution in [0.4, 0.5) is 5.69 Å². The maximum atomic E-state index is 12.3. The Balaban J connectivity index is 0.00000162. The maximum Gasteiger partial charge on any atom is 0.272 e. The van der Waals surface area contributed by atoms with Crippen molar-refractivity contribution in [2.45, 2.75) is 32.7 Å². The van der Waals surface area contributed by atoms with Crippen molar-refractivity contribution < 1.29 is 4.79 Å². The highest BCUT2D eigenvalue weighted by atomic mass is 35.5. The molecule has 2 atom stereocenters. The second-order valence-electron chi connectivity index (χ2n) is 4.84. The zero-order valence-corrected chi connectivity index (χ0v) is 11.6. The molecule has 0 bridgehead atoms. The van der Waals surface area contributed by atoms with Crippen LogP contribution in [-0.4, -0.2) is 28.4 Å². The number of pyridine rings is 1. The van der Waals surface area contributed by atoms with Gasteiger partial charge >= 0.3 is 0 Å². The number of carbonyl (C=O) groups is 1. The number of halogens is 1. The SMILES string of the molecule is CC1CCCN(C(=O)c2ccc(N)cn2)C1C.Cl. The van der Waals surface area contributed by atoms with Gasteiger partial charge in [-0.15, -0.1) is 12.4 Å². The first-order valence-electron chi connectivity index (χ1n) is 6.12. The zero-order chi connectivity index (χ0) is 12.4. The van der Waals surface area contributed by atoms with Gasteiger partial charge in [0.05, 0.1) is 11.9 Å². The summed E-state index contributed by atoms with van der Waals surface area (Å²) >= 11 is 0. The monoisotopic (exact) mass is 269 g/mol. The number of amides is 1. The molecule has 2 heterocycles. The molecule has 0 saturated carbocycles. The van der Waals surface area contributed by atoms with Gasteiger partial charge in [0, 0.05) is 12.6 Å². The fourth-order valence-electron chi connectivity index (χ4n) is 2.30. The maximum absolute atomic E-state index is 12.3. The van der Waals surface area contributed by atoms with Crippen molar-refractivity contribution in [3.63, 3.8) is 0 Å². The summed E-state index contributed by atoms with van der Waals surface area (Å²) in [7, 11) is 0. The number of piperidine rings is 1. The number of nitrogens with zero attached hydrogens (tertiary/aromatic N) is 2. The molecule has 2 N–H and O–H groups in total. The van der Waals surface area contributed by atoms with Gasteiger partial charge in [0.15, 0.2) is 0 Å². The van der Waals surface area contributed by atoms with Crippen LogP contribution in [0.2, 0.25) is 0 Å². The van der Waals surface area contributed by atoms with Crippen molar-refractivity contribution in [1.82, 2.24) is 9.88 Å². The zero-order valence-electron chi connectivity index (χ0n) is 10.8. The Morgan fingerprint density at radius 1 is 1.44 bits per heavy atom. The molecule has 18 heavy (non-hydrogen) atoms. The summed E-state index contributed by atoms with van der Waals surface area (Å²) in [5.74, 6) is 0.575. The molecule has 1 saturated heterocycles. The molecule has 5 heteroatoms. The number of rotatable bonds is 1. The largest absolute Gasteiger partial charge is 0.397 e. The van der Waals surface area contributed by atoms with Crippen molar-refractivity contribution in [3.8, 4) is 0 Å². The van der Waals surface area contributed by atoms with Crippen LogP contribution in [0.15, 0.2) is 18.3 Å². The summed E-state index contributed by atoms with van der Waals surface area (Å²) in [5.41, 5.74) is 6.64. The van der Waals surface area contributed by atoms with Gasteiger partial charge in [-0.1, -0.05) is 6.92 Å². The Bertz CT molecular complexity index is 407. The van der Waals surface area contributed by atoms with Crippen LogP contribution in [0, 0.1) is 5.92 Å². The third kappa shape index (κ3) is 2.93. The van der Waals surface area contributed by atoms with E-state index in [1.807, 2.05) is 4.90 Å². The molecule has 4 nitrogen and oxygen atoms in total. The second kappa shape index (κ2) is 6.05. The van der Waals surface area contributed by atoms with E-state index in [4.69, 9.17) is 5.73 Å². The molecule has 1 aromatic heterocycles. The Morgan fingerprint density at radius 3 is 2.78 bits per heavy atom. The Kier molecular flexibility index (Phi) is 4.96. The number of nitrogens with two attached hydrogens (primary N) is 1. The molecular formula is C13H20ClN3O. The molecule has 1 aromatic rings. The van der Waals surface area contributed by atoms with Gasteiger partial charge in [-0.25, -0.2) is 4.98 Å². The van der Waals surface area contributed by atoms with Crippen molar-refractivity contribution in [1.29, 1.82) is 0 Å². The van der Waals surface area contributed by atoms with E-state index >= 15 is 0 Å². The smallest absolute Gasteiger partial charge is 0.272 e. The molecule has 2 rings (SSSR count). The third-order valence-corrected chi connectivity index (χ3v) is 3.64. The van der Waals surface area contributed by atoms with Crippen LogP contribution in [0.1, 0.15) is 37.2 Å². The van der Waals surface area contributed by atoms with E-state index in [1.165, 1.54) is 12.6 Å². The van der Waals surface area contributed by atoms with E-state index in [-0.39, 0.29) is 24.4 Å². The van der Waals surface area contributed by atoms with Crippen LogP contribution in [0.3, 0.4) is 0 Å². The lowest BCUT2D eigenvalue weighted by Gasteiger charge is -2.37. The van der Waals surface area contributed by atoms with Crippen molar-refractivity contribution in [2.24, 2.45) is 5.92 Å². The average molecular weight is 270 g/mol. The predicted octanol–water partition coefficient (Wildman–Crippen LogP) is 2.35. The third-order valence-electron chi connectivity index (χ3n) is 3.64. The number of anilines is 1. The van der Waals surface area contributed by atoms with E-state index in [0.29, 0.717) is 17.3 Å². The molecule has 1 amide bonds. The van der Waals surface area contributed by atoms with Crippen LogP contribution >= 0.6 is 12.4 Å². The van der Waals surface area contributed by atoms with Crippen molar-refractivity contribution >= 4 is 24.0 Å². The molecular weight excluding hydrogens is 250 g/mol. The molecule has 0 aromatic carbocycles. The number of carbonyl (C=O) groups excluding carboxylic acids is 1. The van der Waals surface area contributed by atoms with Gasteiger partial charge in [-0.3, -0.25) is 4.79 Å². The Morgan fingerprint density at radius 2 is 2.17 bits per heavy atom. The van der Waals surface area contributed by atoms with Gasteiger partial charge in [-0.2, -0.15) is 0 Å². The minimum atomic E-state index is 0. The molecule has 0 spiro atoms. The molecule has 0 aliphatic carbocycles. The van der Waals surface area contributed by atoms with Crippen molar-refractivity contribution in [2.75, 3.05) is 12.3 Å². The molecule has 1 aliphatic heterocycles. The quantitative estimate of drug-likeness (QED) is 0.851. The Labute approximate surface area is 114 Å². The fourth-order valence-corrected chi connectivity index (χ4v) is 2.30. The van der Waals surface area contributed by atoms with Crippen LogP contribution in [0.5, 0.6) is 0 Å². The topological polar surface area (TPSA) is 59.2 Å². The predicted molar refractivity (Wildman–Crippen MR) is 74.8 cm³/mol. The highest BCUT2D eigenvalue weighted by molar-refractivity contribution is 5.92. The normalized spacial score (nSPS) is 23.3. The number of likely N-dealkylation sites (tertiary alicyclic amines) is 1. The molecule has 0 radical (unpaired) electrons. The van der Waals surface area contributed by atoms with Gasteiger partial charge < -0.3 is 10.6 Å². The summed E-state index contributed by atoms with van der Waals surface area (Å²) in [6.07, 6.45) is 3.80. The number of aromatic nitrogens is 1. The first kappa shape index (κ1) is 14.8. The summed E-state index contributed by atoms with van der Waals surface area (Å²) in [6.45, 7) is 5.13. The molecule has 100 valence electrons.